The Kier molecular flexibility index (Phi) is 7.68. The minimum absolute atomic E-state index is 0.194. The van der Waals surface area contributed by atoms with Crippen molar-refractivity contribution in [2.45, 2.75) is 19.1 Å². The lowest BCUT2D eigenvalue weighted by atomic mass is 10.1. The van der Waals surface area contributed by atoms with Crippen LogP contribution < -0.4 is 4.74 Å². The Morgan fingerprint density at radius 3 is 2.62 bits per heavy atom. The number of carbonyl (C=O) groups excluding carboxylic acids is 2. The summed E-state index contributed by atoms with van der Waals surface area (Å²) in [6.45, 7) is 2.19. The molecule has 0 aromatic heterocycles. The van der Waals surface area contributed by atoms with Crippen molar-refractivity contribution in [2.75, 3.05) is 26.6 Å². The minimum atomic E-state index is -0.379. The summed E-state index contributed by atoms with van der Waals surface area (Å²) in [5, 5.41) is 0. The van der Waals surface area contributed by atoms with Crippen LogP contribution in [0, 0.1) is 0 Å². The normalized spacial score (nSPS) is 10.0. The Morgan fingerprint density at radius 1 is 1.24 bits per heavy atom. The first kappa shape index (κ1) is 17.4. The average Bonchev–Trinajstić information content (AvgIpc) is 2.50. The molecule has 5 nitrogen and oxygen atoms in total. The summed E-state index contributed by atoms with van der Waals surface area (Å²) in [5.41, 5.74) is 1.38. The maximum atomic E-state index is 11.5. The third-order valence-corrected chi connectivity index (χ3v) is 3.72. The highest BCUT2D eigenvalue weighted by molar-refractivity contribution is 7.98. The number of thioether (sulfide) groups is 1. The highest BCUT2D eigenvalue weighted by Gasteiger charge is 2.11. The highest BCUT2D eigenvalue weighted by atomic mass is 32.2. The first-order valence-corrected chi connectivity index (χ1v) is 7.76. The van der Waals surface area contributed by atoms with Crippen LogP contribution in [0.5, 0.6) is 5.75 Å². The molecule has 21 heavy (non-hydrogen) atoms. The molecule has 0 saturated heterocycles. The zero-order valence-corrected chi connectivity index (χ0v) is 13.3. The highest BCUT2D eigenvalue weighted by Crippen LogP contribution is 2.25. The van der Waals surface area contributed by atoms with Gasteiger partial charge in [0.2, 0.25) is 0 Å². The van der Waals surface area contributed by atoms with Crippen molar-refractivity contribution in [2.24, 2.45) is 0 Å². The maximum absolute atomic E-state index is 11.5. The molecule has 0 unspecified atom stereocenters. The van der Waals surface area contributed by atoms with E-state index in [2.05, 4.69) is 0 Å². The third kappa shape index (κ3) is 5.67. The van der Waals surface area contributed by atoms with E-state index < -0.39 is 0 Å². The van der Waals surface area contributed by atoms with Gasteiger partial charge in [0.1, 0.15) is 5.75 Å². The van der Waals surface area contributed by atoms with Crippen LogP contribution in [0.1, 0.15) is 29.3 Å². The van der Waals surface area contributed by atoms with Crippen molar-refractivity contribution in [3.8, 4) is 5.75 Å². The second-order valence-electron chi connectivity index (χ2n) is 4.13. The number of methoxy groups -OCH3 is 2. The lowest BCUT2D eigenvalue weighted by molar-refractivity contribution is -0.142. The predicted molar refractivity (Wildman–Crippen MR) is 81.7 cm³/mol. The molecule has 0 N–H and O–H groups in total. The number of hydrogen-bond acceptors (Lipinski definition) is 6. The van der Waals surface area contributed by atoms with Crippen molar-refractivity contribution in [1.29, 1.82) is 0 Å². The molecule has 0 aliphatic rings. The van der Waals surface area contributed by atoms with Gasteiger partial charge >= 0.3 is 11.9 Å². The van der Waals surface area contributed by atoms with E-state index >= 15 is 0 Å². The lowest BCUT2D eigenvalue weighted by Gasteiger charge is -2.10. The minimum Gasteiger partial charge on any atom is -0.496 e. The van der Waals surface area contributed by atoms with E-state index in [1.807, 2.05) is 0 Å². The Morgan fingerprint density at radius 2 is 2.00 bits per heavy atom. The summed E-state index contributed by atoms with van der Waals surface area (Å²) in [6.07, 6.45) is 0.373. The average molecular weight is 312 g/mol. The van der Waals surface area contributed by atoms with Gasteiger partial charge in [-0.2, -0.15) is 11.8 Å². The topological polar surface area (TPSA) is 61.8 Å². The first-order valence-electron chi connectivity index (χ1n) is 6.61. The van der Waals surface area contributed by atoms with Crippen LogP contribution in [0.15, 0.2) is 18.2 Å². The molecule has 0 atom stereocenters. The van der Waals surface area contributed by atoms with E-state index in [9.17, 15) is 9.59 Å². The van der Waals surface area contributed by atoms with Gasteiger partial charge in [0.15, 0.2) is 0 Å². The quantitative estimate of drug-likeness (QED) is 0.543. The predicted octanol–water partition coefficient (Wildman–Crippen LogP) is 2.67. The van der Waals surface area contributed by atoms with E-state index in [0.29, 0.717) is 35.8 Å². The van der Waals surface area contributed by atoms with Gasteiger partial charge in [-0.25, -0.2) is 4.79 Å². The van der Waals surface area contributed by atoms with Crippen LogP contribution in [0.4, 0.5) is 0 Å². The second kappa shape index (κ2) is 9.28. The maximum Gasteiger partial charge on any atom is 0.337 e. The van der Waals surface area contributed by atoms with Crippen molar-refractivity contribution in [3.05, 3.63) is 29.3 Å². The van der Waals surface area contributed by atoms with Crippen LogP contribution in [-0.2, 0) is 20.0 Å². The van der Waals surface area contributed by atoms with Crippen LogP contribution in [0.25, 0.3) is 0 Å². The molecule has 0 aliphatic carbocycles. The van der Waals surface area contributed by atoms with Gasteiger partial charge in [0.05, 0.1) is 32.8 Å². The fourth-order valence-corrected chi connectivity index (χ4v) is 2.61. The standard InChI is InChI=1S/C15H20O5S/c1-4-20-14(16)7-8-21-10-12-9-11(15(17)19-3)5-6-13(12)18-2/h5-6,9H,4,7-8,10H2,1-3H3. The Labute approximate surface area is 129 Å². The van der Waals surface area contributed by atoms with E-state index in [1.54, 1.807) is 44.0 Å². The van der Waals surface area contributed by atoms with Crippen LogP contribution in [-0.4, -0.2) is 38.5 Å². The molecule has 116 valence electrons. The zero-order chi connectivity index (χ0) is 15.7. The van der Waals surface area contributed by atoms with Crippen molar-refractivity contribution < 1.29 is 23.8 Å². The molecule has 0 bridgehead atoms. The largest absolute Gasteiger partial charge is 0.496 e. The summed E-state index contributed by atoms with van der Waals surface area (Å²) in [7, 11) is 2.93. The molecular formula is C15H20O5S. The fraction of sp³-hybridized carbons (Fsp3) is 0.467. The summed E-state index contributed by atoms with van der Waals surface area (Å²) < 4.78 is 14.8. The summed E-state index contributed by atoms with van der Waals surface area (Å²) in [5.74, 6) is 1.44. The Balaban J connectivity index is 2.60. The molecule has 1 rings (SSSR count). The fourth-order valence-electron chi connectivity index (χ4n) is 1.71. The van der Waals surface area contributed by atoms with Crippen molar-refractivity contribution in [1.82, 2.24) is 0 Å². The molecule has 6 heteroatoms. The summed E-state index contributed by atoms with van der Waals surface area (Å²) >= 11 is 1.59. The van der Waals surface area contributed by atoms with E-state index in [4.69, 9.17) is 14.2 Å². The molecule has 0 amide bonds. The third-order valence-electron chi connectivity index (χ3n) is 2.71. The zero-order valence-electron chi connectivity index (χ0n) is 12.5. The summed E-state index contributed by atoms with van der Waals surface area (Å²) in [4.78, 5) is 22.8. The number of hydrogen-bond donors (Lipinski definition) is 0. The van der Waals surface area contributed by atoms with E-state index in [1.165, 1.54) is 7.11 Å². The van der Waals surface area contributed by atoms with E-state index in [0.717, 1.165) is 5.56 Å². The van der Waals surface area contributed by atoms with Crippen molar-refractivity contribution >= 4 is 23.7 Å². The van der Waals surface area contributed by atoms with Gasteiger partial charge in [-0.15, -0.1) is 0 Å². The van der Waals surface area contributed by atoms with Gasteiger partial charge in [-0.1, -0.05) is 0 Å². The number of ether oxygens (including phenoxy) is 3. The monoisotopic (exact) mass is 312 g/mol. The Bertz CT molecular complexity index is 487. The molecule has 0 saturated carbocycles. The molecule has 0 spiro atoms. The van der Waals surface area contributed by atoms with Gasteiger partial charge in [-0.05, 0) is 25.1 Å². The van der Waals surface area contributed by atoms with E-state index in [-0.39, 0.29) is 11.9 Å². The number of carbonyl (C=O) groups is 2. The van der Waals surface area contributed by atoms with Crippen molar-refractivity contribution in [3.63, 3.8) is 0 Å². The molecule has 1 aromatic carbocycles. The van der Waals surface area contributed by atoms with Crippen LogP contribution >= 0.6 is 11.8 Å². The lowest BCUT2D eigenvalue weighted by Crippen LogP contribution is -2.05. The Hall–Kier alpha value is -1.69. The smallest absolute Gasteiger partial charge is 0.337 e. The molecule has 0 heterocycles. The van der Waals surface area contributed by atoms with Crippen LogP contribution in [0.3, 0.4) is 0 Å². The van der Waals surface area contributed by atoms with Gasteiger partial charge < -0.3 is 14.2 Å². The number of esters is 2. The van der Waals surface area contributed by atoms with Gasteiger partial charge in [0, 0.05) is 17.1 Å². The first-order chi connectivity index (χ1) is 10.1. The molecule has 0 aliphatic heterocycles. The molecule has 1 aromatic rings. The van der Waals surface area contributed by atoms with Crippen LogP contribution in [0.2, 0.25) is 0 Å². The summed E-state index contributed by atoms with van der Waals surface area (Å²) in [6, 6.07) is 5.16. The number of benzene rings is 1. The second-order valence-corrected chi connectivity index (χ2v) is 5.23. The molecule has 0 fully saturated rings. The van der Waals surface area contributed by atoms with Gasteiger partial charge in [-0.3, -0.25) is 4.79 Å². The molecule has 0 radical (unpaired) electrons. The molecular weight excluding hydrogens is 292 g/mol. The SMILES string of the molecule is CCOC(=O)CCSCc1cc(C(=O)OC)ccc1OC. The van der Waals surface area contributed by atoms with Gasteiger partial charge in [0.25, 0.3) is 0 Å². The number of rotatable bonds is 8.